The first kappa shape index (κ1) is 43.6. The van der Waals surface area contributed by atoms with Crippen molar-refractivity contribution in [1.82, 2.24) is 5.32 Å². The summed E-state index contributed by atoms with van der Waals surface area (Å²) >= 11 is 0. The van der Waals surface area contributed by atoms with Gasteiger partial charge in [-0.05, 0) is 111 Å². The minimum atomic E-state index is -1.70. The summed E-state index contributed by atoms with van der Waals surface area (Å²) < 4.78 is 43.5. The van der Waals surface area contributed by atoms with Crippen LogP contribution < -0.4 is 5.32 Å². The molecule has 0 aromatic heterocycles. The van der Waals surface area contributed by atoms with E-state index in [1.54, 1.807) is 0 Å². The first-order valence-electron chi connectivity index (χ1n) is 22.7. The molecule has 5 saturated heterocycles. The van der Waals surface area contributed by atoms with Crippen LogP contribution in [-0.2, 0) is 33.2 Å². The molecule has 1 spiro atoms. The summed E-state index contributed by atoms with van der Waals surface area (Å²) in [6.45, 7) is 9.57. The first-order valence-corrected chi connectivity index (χ1v) is 22.7. The monoisotopic (exact) mass is 841 g/mol. The molecule has 25 atom stereocenters. The van der Waals surface area contributed by atoms with Gasteiger partial charge in [0.1, 0.15) is 66.8 Å². The maximum Gasteiger partial charge on any atom is 0.187 e. The zero-order valence-electron chi connectivity index (χ0n) is 35.0. The zero-order valence-corrected chi connectivity index (χ0v) is 35.0. The summed E-state index contributed by atoms with van der Waals surface area (Å²) in [6.07, 6.45) is -8.54. The second kappa shape index (κ2) is 16.4. The molecule has 9 fully saturated rings. The fourth-order valence-corrected chi connectivity index (χ4v) is 14.3. The maximum atomic E-state index is 11.5. The Morgan fingerprint density at radius 2 is 1.32 bits per heavy atom. The van der Waals surface area contributed by atoms with E-state index in [9.17, 15) is 40.9 Å². The molecule has 0 radical (unpaired) electrons. The number of ether oxygens (including phenoxy) is 7. The van der Waals surface area contributed by atoms with Gasteiger partial charge in [-0.15, -0.1) is 0 Å². The minimum Gasteiger partial charge on any atom is -0.394 e. The molecule has 5 aliphatic heterocycles. The molecular weight excluding hydrogens is 770 g/mol. The maximum absolute atomic E-state index is 11.5. The molecule has 9 aliphatic rings. The summed E-state index contributed by atoms with van der Waals surface area (Å²) in [5, 5.41) is 88.3. The molecule has 4 saturated carbocycles. The Bertz CT molecular complexity index is 1470. The molecule has 0 amide bonds. The van der Waals surface area contributed by atoms with Crippen LogP contribution in [0.1, 0.15) is 91.9 Å². The van der Waals surface area contributed by atoms with Gasteiger partial charge in [0, 0.05) is 12.5 Å². The van der Waals surface area contributed by atoms with Crippen LogP contribution in [0.2, 0.25) is 0 Å². The second-order valence-corrected chi connectivity index (χ2v) is 20.8. The van der Waals surface area contributed by atoms with E-state index in [2.05, 4.69) is 33.0 Å². The minimum absolute atomic E-state index is 0.131. The van der Waals surface area contributed by atoms with Crippen LogP contribution in [0.5, 0.6) is 0 Å². The number of aliphatic hydroxyl groups is 8. The molecule has 5 heterocycles. The average Bonchev–Trinajstić information content (AvgIpc) is 3.67. The largest absolute Gasteiger partial charge is 0.394 e. The van der Waals surface area contributed by atoms with E-state index in [1.165, 1.54) is 25.7 Å². The molecule has 0 bridgehead atoms. The van der Waals surface area contributed by atoms with Gasteiger partial charge in [0.05, 0.1) is 32.0 Å². The normalized spacial score (nSPS) is 58.8. The fourth-order valence-electron chi connectivity index (χ4n) is 14.3. The Morgan fingerprint density at radius 1 is 0.661 bits per heavy atom. The van der Waals surface area contributed by atoms with Gasteiger partial charge in [-0.2, -0.15) is 0 Å². The van der Waals surface area contributed by atoms with Gasteiger partial charge in [-0.25, -0.2) is 0 Å². The van der Waals surface area contributed by atoms with Gasteiger partial charge >= 0.3 is 0 Å². The zero-order chi connectivity index (χ0) is 41.8. The molecule has 25 unspecified atom stereocenters. The highest BCUT2D eigenvalue weighted by molar-refractivity contribution is 5.16. The van der Waals surface area contributed by atoms with Gasteiger partial charge in [-0.3, -0.25) is 5.32 Å². The fraction of sp³-hybridized carbons (Fsp3) is 1.00. The highest BCUT2D eigenvalue weighted by Crippen LogP contribution is 2.71. The summed E-state index contributed by atoms with van der Waals surface area (Å²) in [4.78, 5) is 0. The van der Waals surface area contributed by atoms with Gasteiger partial charge in [-0.1, -0.05) is 27.7 Å². The number of rotatable bonds is 7. The van der Waals surface area contributed by atoms with Crippen LogP contribution in [0.25, 0.3) is 0 Å². The van der Waals surface area contributed by atoms with E-state index in [-0.39, 0.29) is 35.9 Å². The Kier molecular flexibility index (Phi) is 12.1. The van der Waals surface area contributed by atoms with Crippen molar-refractivity contribution in [1.29, 1.82) is 0 Å². The van der Waals surface area contributed by atoms with Crippen molar-refractivity contribution in [2.75, 3.05) is 26.4 Å². The summed E-state index contributed by atoms with van der Waals surface area (Å²) in [5.41, 5.74) is 0.224. The third kappa shape index (κ3) is 7.28. The highest BCUT2D eigenvalue weighted by Gasteiger charge is 2.69. The molecule has 338 valence electrons. The SMILES string of the molecule is CC1CCC2(NC1)OC1CC3C4CCC5CC(OC6OC(CO)C(O)C(OC7OCC(O)C(O)C7O)C6OC6OCC(O)C(O)C6O)CCC5(C)C4CCC3(C)C1C2C. The highest BCUT2D eigenvalue weighted by atomic mass is 16.8. The van der Waals surface area contributed by atoms with Crippen molar-refractivity contribution in [3.63, 3.8) is 0 Å². The van der Waals surface area contributed by atoms with Crippen LogP contribution in [-0.4, -0.2) is 165 Å². The lowest BCUT2D eigenvalue weighted by atomic mass is 9.44. The lowest BCUT2D eigenvalue weighted by Gasteiger charge is -2.61. The van der Waals surface area contributed by atoms with E-state index < -0.39 is 86.5 Å². The molecular formula is C43H71NO15. The predicted octanol–water partition coefficient (Wildman–Crippen LogP) is 0.118. The summed E-state index contributed by atoms with van der Waals surface area (Å²) in [5.74, 6) is 4.05. The average molecular weight is 842 g/mol. The molecule has 16 nitrogen and oxygen atoms in total. The Labute approximate surface area is 347 Å². The van der Waals surface area contributed by atoms with Gasteiger partial charge < -0.3 is 74.0 Å². The lowest BCUT2D eigenvalue weighted by Crippen LogP contribution is -2.66. The van der Waals surface area contributed by atoms with E-state index >= 15 is 0 Å². The van der Waals surface area contributed by atoms with E-state index in [1.807, 2.05) is 0 Å². The number of hydrogen-bond donors (Lipinski definition) is 9. The lowest BCUT2D eigenvalue weighted by molar-refractivity contribution is -0.386. The number of fused-ring (bicyclic) bond motifs is 7. The van der Waals surface area contributed by atoms with E-state index in [4.69, 9.17) is 33.2 Å². The van der Waals surface area contributed by atoms with Crippen molar-refractivity contribution in [3.05, 3.63) is 0 Å². The van der Waals surface area contributed by atoms with Gasteiger partial charge in [0.2, 0.25) is 0 Å². The Hall–Kier alpha value is -0.640. The third-order valence-corrected chi connectivity index (χ3v) is 17.7. The van der Waals surface area contributed by atoms with Crippen LogP contribution in [0, 0.1) is 52.3 Å². The van der Waals surface area contributed by atoms with E-state index in [0.717, 1.165) is 45.1 Å². The van der Waals surface area contributed by atoms with Crippen molar-refractivity contribution in [2.24, 2.45) is 52.3 Å². The van der Waals surface area contributed by atoms with Crippen LogP contribution in [0.4, 0.5) is 0 Å². The van der Waals surface area contributed by atoms with Gasteiger partial charge in [0.25, 0.3) is 0 Å². The molecule has 9 rings (SSSR count). The molecule has 16 heteroatoms. The molecule has 4 aliphatic carbocycles. The second-order valence-electron chi connectivity index (χ2n) is 20.8. The third-order valence-electron chi connectivity index (χ3n) is 17.7. The van der Waals surface area contributed by atoms with Crippen LogP contribution >= 0.6 is 0 Å². The summed E-state index contributed by atoms with van der Waals surface area (Å²) in [7, 11) is 0. The summed E-state index contributed by atoms with van der Waals surface area (Å²) in [6, 6.07) is 0. The first-order chi connectivity index (χ1) is 28.1. The van der Waals surface area contributed by atoms with Crippen molar-refractivity contribution in [3.8, 4) is 0 Å². The van der Waals surface area contributed by atoms with Crippen molar-refractivity contribution in [2.45, 2.75) is 190 Å². The number of aliphatic hydroxyl groups excluding tert-OH is 8. The van der Waals surface area contributed by atoms with Crippen LogP contribution in [0.3, 0.4) is 0 Å². The van der Waals surface area contributed by atoms with Crippen LogP contribution in [0.15, 0.2) is 0 Å². The molecule has 0 aromatic rings. The van der Waals surface area contributed by atoms with Crippen molar-refractivity contribution < 1.29 is 74.0 Å². The van der Waals surface area contributed by atoms with E-state index in [0.29, 0.717) is 47.5 Å². The quantitative estimate of drug-likeness (QED) is 0.155. The number of nitrogens with one attached hydrogen (secondary N) is 1. The predicted molar refractivity (Wildman–Crippen MR) is 206 cm³/mol. The Morgan fingerprint density at radius 3 is 1.97 bits per heavy atom. The van der Waals surface area contributed by atoms with Gasteiger partial charge in [0.15, 0.2) is 18.9 Å². The topological polar surface area (TPSA) is 238 Å². The smallest absolute Gasteiger partial charge is 0.187 e. The standard InChI is InChI=1S/C43H71NO15/c1-19-7-12-43(44-15-19)20(2)30-28(59-43)14-25-23-6-5-21-13-22(8-10-41(21,3)24(23)9-11-42(25,30)4)55-40-37(58-39-35(52)32(49)27(47)18-54-39)36(33(50)29(16-45)56-40)57-38-34(51)31(48)26(46)17-53-38/h19-40,44-52H,5-18H2,1-4H3. The molecule has 59 heavy (non-hydrogen) atoms. The number of piperidine rings is 1. The Balaban J connectivity index is 0.906. The number of hydrogen-bond acceptors (Lipinski definition) is 16. The molecule has 0 aromatic carbocycles. The molecule has 9 N–H and O–H groups in total. The van der Waals surface area contributed by atoms with Crippen molar-refractivity contribution >= 4 is 0 Å².